The molecular weight excluding hydrogens is 662 g/mol. The number of aliphatic hydroxyl groups excluding tert-OH is 3. The normalized spacial score (nSPS) is 40.2. The molecule has 0 spiro atoms. The summed E-state index contributed by atoms with van der Waals surface area (Å²) >= 11 is 0.741. The van der Waals surface area contributed by atoms with Gasteiger partial charge >= 0.3 is 18.0 Å². The van der Waals surface area contributed by atoms with Crippen LogP contribution in [0.25, 0.3) is 0 Å². The topological polar surface area (TPSA) is 218 Å². The summed E-state index contributed by atoms with van der Waals surface area (Å²) in [5, 5.41) is 62.2. The molecule has 4 fully saturated rings. The molecule has 5 aliphatic rings. The molecule has 0 aromatic heterocycles. The maximum atomic E-state index is 14.4. The maximum Gasteiger partial charge on any atom is 0.407 e. The summed E-state index contributed by atoms with van der Waals surface area (Å²) < 4.78 is 29.6. The van der Waals surface area contributed by atoms with Crippen molar-refractivity contribution in [2.75, 3.05) is 19.0 Å². The van der Waals surface area contributed by atoms with Gasteiger partial charge < -0.3 is 49.8 Å². The molecule has 0 aromatic rings. The van der Waals surface area contributed by atoms with Crippen molar-refractivity contribution in [1.82, 2.24) is 5.32 Å². The van der Waals surface area contributed by atoms with Crippen molar-refractivity contribution in [2.24, 2.45) is 22.7 Å². The van der Waals surface area contributed by atoms with Crippen LogP contribution in [-0.2, 0) is 33.3 Å². The fraction of sp³-hybridized carbons (Fsp3) is 0.824. The van der Waals surface area contributed by atoms with Gasteiger partial charge in [-0.15, -0.1) is 0 Å². The lowest BCUT2D eigenvalue weighted by Crippen LogP contribution is -2.81. The van der Waals surface area contributed by atoms with Crippen LogP contribution >= 0.6 is 12.5 Å². The number of fused-ring (bicyclic) bond motifs is 5. The standard InChI is InChI=1S/C34H51NO13S/c1-16-19(48-29(41)25(39)23(18-9-7-6-8-10-18)35-30(42)45-11-12-49)14-34(44)28(47-17(2)36)26-32(5,20(37)13-21-33(26,43)15-46-21)27(40)24(38)22(16)31(34,3)4/h18-21,23-26,28,37-39,43-44,49H,6-15H2,1-5H3,(H,35,42)/t19?,20-,21+,23-,24+,25+,26-,28-,32+,33-,34+/m0/s1/i/hT. The number of carbonyl (C=O) groups excluding carboxylic acids is 4. The van der Waals surface area contributed by atoms with Crippen LogP contribution in [0.1, 0.15) is 79.6 Å². The quantitative estimate of drug-likeness (QED) is 0.0577. The Morgan fingerprint density at radius 2 is 1.80 bits per heavy atom. The van der Waals surface area contributed by atoms with E-state index in [1.54, 1.807) is 13.8 Å². The molecule has 1 unspecified atom stereocenters. The molecule has 0 radical (unpaired) electrons. The number of carbonyl (C=O) groups is 4. The van der Waals surface area contributed by atoms with E-state index in [2.05, 4.69) is 5.32 Å². The lowest BCUT2D eigenvalue weighted by atomic mass is 9.45. The van der Waals surface area contributed by atoms with Crippen LogP contribution < -0.4 is 5.32 Å². The number of ketones is 1. The first-order valence-electron chi connectivity index (χ1n) is 17.5. The minimum Gasteiger partial charge on any atom is -0.459 e. The number of ether oxygens (including phenoxy) is 4. The monoisotopic (exact) mass is 715 g/mol. The number of hydrogen-bond donors (Lipinski definition) is 7. The van der Waals surface area contributed by atoms with Gasteiger partial charge in [0.05, 0.1) is 30.3 Å². The van der Waals surface area contributed by atoms with Gasteiger partial charge in [-0.3, -0.25) is 9.59 Å². The molecule has 6 N–H and O–H groups in total. The van der Waals surface area contributed by atoms with Gasteiger partial charge in [-0.1, -0.05) is 33.1 Å². The largest absolute Gasteiger partial charge is 0.459 e. The Morgan fingerprint density at radius 3 is 2.39 bits per heavy atom. The number of hydrogen-bond acceptors (Lipinski definition) is 14. The van der Waals surface area contributed by atoms with E-state index in [0.29, 0.717) is 12.8 Å². The Bertz CT molecular complexity index is 1390. The molecular formula is C34H51NO13S. The average Bonchev–Trinajstić information content (AvgIpc) is 3.05. The second kappa shape index (κ2) is 13.7. The van der Waals surface area contributed by atoms with Gasteiger partial charge in [-0.2, -0.15) is 12.5 Å². The molecule has 14 nitrogen and oxygen atoms in total. The predicted octanol–water partition coefficient (Wildman–Crippen LogP) is 0.734. The molecule has 15 heteroatoms. The van der Waals surface area contributed by atoms with Crippen LogP contribution in [0, 0.1) is 22.7 Å². The SMILES string of the molecule is [3H]SCCOC(=O)N[C@@H](C1CCCCC1)[C@@H](O)C(=O)OC1C[C@@]2(O)[C@@H](OC(C)=O)[C@@H]3[C@]4(O)CO[C@@H]4C[C@H](O)[C@@]3(C)C(=O)[C@H](O)C(=C1C)C2(C)C. The second-order valence-corrected chi connectivity index (χ2v) is 15.6. The summed E-state index contributed by atoms with van der Waals surface area (Å²) in [6.45, 7) is 6.79. The smallest absolute Gasteiger partial charge is 0.407 e. The molecule has 11 atom stereocenters. The maximum absolute atomic E-state index is 14.4. The molecule has 1 saturated heterocycles. The van der Waals surface area contributed by atoms with Crippen LogP contribution in [0.15, 0.2) is 11.1 Å². The van der Waals surface area contributed by atoms with E-state index in [-0.39, 0.29) is 42.5 Å². The number of rotatable bonds is 9. The third kappa shape index (κ3) is 6.10. The van der Waals surface area contributed by atoms with E-state index in [9.17, 15) is 44.7 Å². The molecule has 49 heavy (non-hydrogen) atoms. The summed E-state index contributed by atoms with van der Waals surface area (Å²) in [6, 6.07) is -1.09. The molecule has 276 valence electrons. The Labute approximate surface area is 292 Å². The van der Waals surface area contributed by atoms with E-state index >= 15 is 0 Å². The molecule has 5 rings (SSSR count). The average molecular weight is 716 g/mol. The Balaban J connectivity index is 1.54. The number of Topliss-reactive ketones (excluding diaryl/α,β-unsaturated/α-hetero) is 1. The second-order valence-electron chi connectivity index (χ2n) is 15.2. The van der Waals surface area contributed by atoms with E-state index in [4.69, 9.17) is 20.1 Å². The van der Waals surface area contributed by atoms with Crippen molar-refractivity contribution in [3.8, 4) is 0 Å². The van der Waals surface area contributed by atoms with Gasteiger partial charge in [-0.25, -0.2) is 9.59 Å². The highest BCUT2D eigenvalue weighted by Gasteiger charge is 2.76. The predicted molar refractivity (Wildman–Crippen MR) is 174 cm³/mol. The van der Waals surface area contributed by atoms with E-state index in [0.717, 1.165) is 38.7 Å². The van der Waals surface area contributed by atoms with Crippen LogP contribution in [0.3, 0.4) is 0 Å². The Hall–Kier alpha value is -2.27. The van der Waals surface area contributed by atoms with Crippen LogP contribution in [-0.4, -0.2) is 123 Å². The molecule has 2 bridgehead atoms. The molecule has 1 amide bonds. The molecule has 1 aliphatic heterocycles. The van der Waals surface area contributed by atoms with Crippen molar-refractivity contribution in [3.05, 3.63) is 11.1 Å². The van der Waals surface area contributed by atoms with Crippen LogP contribution in [0.5, 0.6) is 0 Å². The number of aliphatic hydroxyl groups is 5. The van der Waals surface area contributed by atoms with Crippen molar-refractivity contribution >= 4 is 36.3 Å². The molecule has 4 aliphatic carbocycles. The van der Waals surface area contributed by atoms with Gasteiger partial charge in [0.15, 0.2) is 11.9 Å². The van der Waals surface area contributed by atoms with Crippen LogP contribution in [0.4, 0.5) is 4.79 Å². The van der Waals surface area contributed by atoms with E-state index in [1.165, 1.54) is 13.8 Å². The van der Waals surface area contributed by atoms with Gasteiger partial charge in [0, 0.05) is 36.9 Å². The third-order valence-electron chi connectivity index (χ3n) is 12.3. The van der Waals surface area contributed by atoms with Crippen molar-refractivity contribution in [1.29, 1.82) is 1.12 Å². The van der Waals surface area contributed by atoms with Gasteiger partial charge in [-0.05, 0) is 43.8 Å². The van der Waals surface area contributed by atoms with Crippen LogP contribution in [0.2, 0.25) is 0 Å². The Morgan fingerprint density at radius 1 is 1.12 bits per heavy atom. The number of nitrogens with one attached hydrogen (secondary N) is 1. The van der Waals surface area contributed by atoms with Gasteiger partial charge in [0.1, 0.15) is 37.2 Å². The minimum absolute atomic E-state index is 0.00987. The third-order valence-corrected chi connectivity index (χ3v) is 12.4. The number of thiol groups is 1. The first-order chi connectivity index (χ1) is 23.4. The lowest BCUT2D eigenvalue weighted by Gasteiger charge is -2.66. The van der Waals surface area contributed by atoms with Crippen molar-refractivity contribution in [3.63, 3.8) is 0 Å². The Kier molecular flexibility index (Phi) is 10.2. The van der Waals surface area contributed by atoms with E-state index < -0.39 is 101 Å². The number of esters is 2. The zero-order valence-corrected chi connectivity index (χ0v) is 29.5. The minimum atomic E-state index is -2.22. The summed E-state index contributed by atoms with van der Waals surface area (Å²) in [7, 11) is 0. The zero-order valence-electron chi connectivity index (χ0n) is 29.7. The van der Waals surface area contributed by atoms with E-state index in [1.807, 2.05) is 0 Å². The fourth-order valence-electron chi connectivity index (χ4n) is 9.41. The highest BCUT2D eigenvalue weighted by Crippen LogP contribution is 2.63. The summed E-state index contributed by atoms with van der Waals surface area (Å²) in [5.41, 5.74) is -7.28. The zero-order chi connectivity index (χ0) is 37.0. The highest BCUT2D eigenvalue weighted by molar-refractivity contribution is 7.80. The van der Waals surface area contributed by atoms with Gasteiger partial charge in [0.2, 0.25) is 0 Å². The molecule has 0 aromatic carbocycles. The first-order valence-corrected chi connectivity index (χ1v) is 17.7. The summed E-state index contributed by atoms with van der Waals surface area (Å²) in [5.74, 6) is -4.36. The number of amides is 1. The molecule has 1 heterocycles. The number of alkyl carbamates (subject to hydrolysis) is 1. The lowest BCUT2D eigenvalue weighted by molar-refractivity contribution is -0.345. The molecule has 3 saturated carbocycles. The fourth-order valence-corrected chi connectivity index (χ4v) is 9.50. The first kappa shape index (κ1) is 36.5. The van der Waals surface area contributed by atoms with Crippen molar-refractivity contribution in [2.45, 2.75) is 133 Å². The van der Waals surface area contributed by atoms with Crippen molar-refractivity contribution < 1.29 is 63.7 Å². The summed E-state index contributed by atoms with van der Waals surface area (Å²) in [4.78, 5) is 53.6. The highest BCUT2D eigenvalue weighted by atomic mass is 32.1. The van der Waals surface area contributed by atoms with Gasteiger partial charge in [0.25, 0.3) is 0 Å². The summed E-state index contributed by atoms with van der Waals surface area (Å²) in [6.07, 6.45) is -6.82.